The highest BCUT2D eigenvalue weighted by molar-refractivity contribution is 5.89. The number of likely N-dealkylation sites (tertiary alicyclic amines) is 1. The summed E-state index contributed by atoms with van der Waals surface area (Å²) >= 11 is 0. The number of carbonyl (C=O) groups excluding carboxylic acids is 2. The molecule has 0 spiro atoms. The molecular formula is C16H21NO4. The number of hydrogen-bond donors (Lipinski definition) is 0. The fourth-order valence-electron chi connectivity index (χ4n) is 2.30. The van der Waals surface area contributed by atoms with Crippen molar-refractivity contribution in [2.75, 3.05) is 26.8 Å². The van der Waals surface area contributed by atoms with Gasteiger partial charge in [-0.15, -0.1) is 0 Å². The normalized spacial score (nSPS) is 15.6. The molecule has 1 aromatic rings. The maximum absolute atomic E-state index is 12.0. The van der Waals surface area contributed by atoms with Crippen LogP contribution in [0, 0.1) is 5.92 Å². The van der Waals surface area contributed by atoms with E-state index in [9.17, 15) is 9.59 Å². The van der Waals surface area contributed by atoms with E-state index in [1.807, 2.05) is 4.90 Å². The van der Waals surface area contributed by atoms with Crippen LogP contribution in [0.25, 0.3) is 0 Å². The summed E-state index contributed by atoms with van der Waals surface area (Å²) in [7, 11) is 1.34. The maximum Gasteiger partial charge on any atom is 0.337 e. The number of esters is 1. The zero-order valence-corrected chi connectivity index (χ0v) is 12.5. The summed E-state index contributed by atoms with van der Waals surface area (Å²) in [5.74, 6) is 0.890. The first kappa shape index (κ1) is 15.4. The van der Waals surface area contributed by atoms with E-state index in [-0.39, 0.29) is 18.5 Å². The fourth-order valence-corrected chi connectivity index (χ4v) is 2.30. The first-order valence-electron chi connectivity index (χ1n) is 7.19. The molecule has 0 saturated carbocycles. The van der Waals surface area contributed by atoms with Gasteiger partial charge in [-0.2, -0.15) is 0 Å². The number of ether oxygens (including phenoxy) is 2. The molecule has 1 heterocycles. The second kappa shape index (κ2) is 7.11. The van der Waals surface area contributed by atoms with Crippen LogP contribution in [0.1, 0.15) is 30.1 Å². The van der Waals surface area contributed by atoms with E-state index < -0.39 is 0 Å². The van der Waals surface area contributed by atoms with Crippen molar-refractivity contribution in [3.63, 3.8) is 0 Å². The van der Waals surface area contributed by atoms with Crippen LogP contribution < -0.4 is 4.74 Å². The third-order valence-corrected chi connectivity index (χ3v) is 3.77. The summed E-state index contributed by atoms with van der Waals surface area (Å²) in [6, 6.07) is 6.57. The third-order valence-electron chi connectivity index (χ3n) is 3.77. The number of nitrogens with zero attached hydrogens (tertiary/aromatic N) is 1. The minimum Gasteiger partial charge on any atom is -0.484 e. The number of piperidine rings is 1. The first-order valence-corrected chi connectivity index (χ1v) is 7.19. The zero-order chi connectivity index (χ0) is 15.2. The molecule has 0 bridgehead atoms. The van der Waals surface area contributed by atoms with E-state index in [2.05, 4.69) is 11.7 Å². The Hall–Kier alpha value is -2.04. The first-order chi connectivity index (χ1) is 10.1. The van der Waals surface area contributed by atoms with Crippen LogP contribution in [0.5, 0.6) is 5.75 Å². The van der Waals surface area contributed by atoms with Crippen molar-refractivity contribution in [3.8, 4) is 5.75 Å². The summed E-state index contributed by atoms with van der Waals surface area (Å²) in [5.41, 5.74) is 0.459. The third kappa shape index (κ3) is 4.21. The SMILES string of the molecule is COC(=O)c1ccc(OCC(=O)N2CCC(C)CC2)cc1. The Morgan fingerprint density at radius 3 is 2.38 bits per heavy atom. The van der Waals surface area contributed by atoms with Gasteiger partial charge in [0.1, 0.15) is 5.75 Å². The zero-order valence-electron chi connectivity index (χ0n) is 12.5. The molecule has 1 amide bonds. The van der Waals surface area contributed by atoms with Crippen LogP contribution >= 0.6 is 0 Å². The van der Waals surface area contributed by atoms with Crippen molar-refractivity contribution < 1.29 is 19.1 Å². The van der Waals surface area contributed by atoms with Gasteiger partial charge in [0.25, 0.3) is 5.91 Å². The number of amides is 1. The Morgan fingerprint density at radius 2 is 1.81 bits per heavy atom. The molecule has 1 aromatic carbocycles. The lowest BCUT2D eigenvalue weighted by Crippen LogP contribution is -2.40. The molecule has 2 rings (SSSR count). The predicted octanol–water partition coefficient (Wildman–Crippen LogP) is 2.11. The Bertz CT molecular complexity index is 490. The molecule has 114 valence electrons. The van der Waals surface area contributed by atoms with E-state index in [1.54, 1.807) is 24.3 Å². The highest BCUT2D eigenvalue weighted by Crippen LogP contribution is 2.17. The molecule has 0 aliphatic carbocycles. The lowest BCUT2D eigenvalue weighted by atomic mass is 9.99. The van der Waals surface area contributed by atoms with Crippen molar-refractivity contribution in [2.24, 2.45) is 5.92 Å². The van der Waals surface area contributed by atoms with Gasteiger partial charge in [0.2, 0.25) is 0 Å². The van der Waals surface area contributed by atoms with E-state index in [1.165, 1.54) is 7.11 Å². The summed E-state index contributed by atoms with van der Waals surface area (Å²) < 4.78 is 10.1. The number of carbonyl (C=O) groups is 2. The van der Waals surface area contributed by atoms with Crippen molar-refractivity contribution in [3.05, 3.63) is 29.8 Å². The molecule has 0 atom stereocenters. The van der Waals surface area contributed by atoms with Crippen LogP contribution in [0.2, 0.25) is 0 Å². The van der Waals surface area contributed by atoms with Crippen LogP contribution in [-0.4, -0.2) is 43.6 Å². The van der Waals surface area contributed by atoms with Crippen molar-refractivity contribution in [2.45, 2.75) is 19.8 Å². The van der Waals surface area contributed by atoms with Gasteiger partial charge in [0.15, 0.2) is 6.61 Å². The van der Waals surface area contributed by atoms with Gasteiger partial charge in [-0.1, -0.05) is 6.92 Å². The standard InChI is InChI=1S/C16H21NO4/c1-12-7-9-17(10-8-12)15(18)11-21-14-5-3-13(4-6-14)16(19)20-2/h3-6,12H,7-11H2,1-2H3. The smallest absolute Gasteiger partial charge is 0.337 e. The second-order valence-electron chi connectivity index (χ2n) is 5.37. The van der Waals surface area contributed by atoms with Crippen molar-refractivity contribution >= 4 is 11.9 Å². The quantitative estimate of drug-likeness (QED) is 0.797. The second-order valence-corrected chi connectivity index (χ2v) is 5.37. The van der Waals surface area contributed by atoms with Gasteiger partial charge in [-0.25, -0.2) is 4.79 Å². The lowest BCUT2D eigenvalue weighted by molar-refractivity contribution is -0.134. The van der Waals surface area contributed by atoms with Crippen LogP contribution in [0.15, 0.2) is 24.3 Å². The predicted molar refractivity (Wildman–Crippen MR) is 78.3 cm³/mol. The molecular weight excluding hydrogens is 270 g/mol. The molecule has 1 fully saturated rings. The van der Waals surface area contributed by atoms with Gasteiger partial charge in [0, 0.05) is 13.1 Å². The Morgan fingerprint density at radius 1 is 1.19 bits per heavy atom. The number of hydrogen-bond acceptors (Lipinski definition) is 4. The van der Waals surface area contributed by atoms with E-state index in [0.29, 0.717) is 17.2 Å². The molecule has 1 saturated heterocycles. The van der Waals surface area contributed by atoms with Crippen LogP contribution in [0.3, 0.4) is 0 Å². The van der Waals surface area contributed by atoms with Gasteiger partial charge in [-0.3, -0.25) is 4.79 Å². The Kier molecular flexibility index (Phi) is 5.20. The molecule has 21 heavy (non-hydrogen) atoms. The molecule has 5 nitrogen and oxygen atoms in total. The van der Waals surface area contributed by atoms with Crippen molar-refractivity contribution in [1.29, 1.82) is 0 Å². The monoisotopic (exact) mass is 291 g/mol. The van der Waals surface area contributed by atoms with E-state index >= 15 is 0 Å². The van der Waals surface area contributed by atoms with Crippen LogP contribution in [0.4, 0.5) is 0 Å². The minimum absolute atomic E-state index is 0.0129. The summed E-state index contributed by atoms with van der Waals surface area (Å²) in [6.45, 7) is 3.86. The number of rotatable bonds is 4. The average Bonchev–Trinajstić information content (AvgIpc) is 2.53. The fraction of sp³-hybridized carbons (Fsp3) is 0.500. The molecule has 5 heteroatoms. The number of methoxy groups -OCH3 is 1. The average molecular weight is 291 g/mol. The maximum atomic E-state index is 12.0. The summed E-state index contributed by atoms with van der Waals surface area (Å²) in [4.78, 5) is 25.2. The summed E-state index contributed by atoms with van der Waals surface area (Å²) in [6.07, 6.45) is 2.11. The van der Waals surface area contributed by atoms with Gasteiger partial charge in [0.05, 0.1) is 12.7 Å². The summed E-state index contributed by atoms with van der Waals surface area (Å²) in [5, 5.41) is 0. The number of benzene rings is 1. The molecule has 1 aliphatic rings. The Labute approximate surface area is 124 Å². The molecule has 0 aromatic heterocycles. The molecule has 0 unspecified atom stereocenters. The molecule has 1 aliphatic heterocycles. The van der Waals surface area contributed by atoms with E-state index in [4.69, 9.17) is 4.74 Å². The highest BCUT2D eigenvalue weighted by atomic mass is 16.5. The largest absolute Gasteiger partial charge is 0.484 e. The molecule has 0 radical (unpaired) electrons. The van der Waals surface area contributed by atoms with Crippen molar-refractivity contribution in [1.82, 2.24) is 4.90 Å². The Balaban J connectivity index is 1.82. The van der Waals surface area contributed by atoms with Crippen LogP contribution in [-0.2, 0) is 9.53 Å². The van der Waals surface area contributed by atoms with Gasteiger partial charge in [-0.05, 0) is 43.0 Å². The highest BCUT2D eigenvalue weighted by Gasteiger charge is 2.20. The van der Waals surface area contributed by atoms with E-state index in [0.717, 1.165) is 25.9 Å². The lowest BCUT2D eigenvalue weighted by Gasteiger charge is -2.30. The van der Waals surface area contributed by atoms with Gasteiger partial charge >= 0.3 is 5.97 Å². The topological polar surface area (TPSA) is 55.8 Å². The van der Waals surface area contributed by atoms with Gasteiger partial charge < -0.3 is 14.4 Å². The molecule has 0 N–H and O–H groups in total. The minimum atomic E-state index is -0.389.